The Morgan fingerprint density at radius 2 is 1.52 bits per heavy atom. The predicted octanol–water partition coefficient (Wildman–Crippen LogP) is 7.80. The molecule has 0 saturated carbocycles. The summed E-state index contributed by atoms with van der Waals surface area (Å²) in [7, 11) is 0. The highest BCUT2D eigenvalue weighted by molar-refractivity contribution is 7.14. The Bertz CT molecular complexity index is 1240. The van der Waals surface area contributed by atoms with E-state index < -0.39 is 0 Å². The van der Waals surface area contributed by atoms with Gasteiger partial charge in [-0.1, -0.05) is 80.6 Å². The van der Waals surface area contributed by atoms with Crippen LogP contribution in [0.1, 0.15) is 64.0 Å². The van der Waals surface area contributed by atoms with Crippen LogP contribution in [0.2, 0.25) is 0 Å². The number of aryl methyl sites for hydroxylation is 1. The second-order valence-corrected chi connectivity index (χ2v) is 9.72. The molecule has 3 aromatic carbocycles. The molecule has 0 bridgehead atoms. The van der Waals surface area contributed by atoms with Crippen LogP contribution < -0.4 is 5.32 Å². The predicted molar refractivity (Wildman–Crippen MR) is 133 cm³/mol. The summed E-state index contributed by atoms with van der Waals surface area (Å²) < 4.78 is 0. The quantitative estimate of drug-likeness (QED) is 0.346. The van der Waals surface area contributed by atoms with Gasteiger partial charge in [0.2, 0.25) is 0 Å². The molecule has 1 N–H and O–H groups in total. The molecule has 0 fully saturated rings. The molecule has 1 amide bonds. The highest BCUT2D eigenvalue weighted by atomic mass is 32.1. The third kappa shape index (κ3) is 4.03. The number of carbonyl (C=O) groups excluding carboxylic acids is 1. The first-order valence-electron chi connectivity index (χ1n) is 10.9. The number of rotatable bonds is 5. The monoisotopic (exact) mass is 427 g/mol. The van der Waals surface area contributed by atoms with Gasteiger partial charge in [-0.3, -0.25) is 4.79 Å². The fourth-order valence-electron chi connectivity index (χ4n) is 4.22. The number of nitrogens with one attached hydrogen (secondary N) is 1. The van der Waals surface area contributed by atoms with Crippen molar-refractivity contribution in [1.82, 2.24) is 5.32 Å². The van der Waals surface area contributed by atoms with E-state index in [1.165, 1.54) is 32.3 Å². The van der Waals surface area contributed by atoms with Gasteiger partial charge < -0.3 is 5.32 Å². The fourth-order valence-corrected chi connectivity index (χ4v) is 5.29. The van der Waals surface area contributed by atoms with Crippen LogP contribution in [0.4, 0.5) is 0 Å². The minimum atomic E-state index is -0.0543. The molecule has 1 atom stereocenters. The molecule has 0 saturated heterocycles. The summed E-state index contributed by atoms with van der Waals surface area (Å²) in [6.45, 7) is 10.7. The number of benzene rings is 3. The normalized spacial score (nSPS) is 12.3. The van der Waals surface area contributed by atoms with Crippen molar-refractivity contribution < 1.29 is 4.79 Å². The number of amides is 1. The first kappa shape index (κ1) is 21.3. The van der Waals surface area contributed by atoms with Crippen LogP contribution in [0, 0.1) is 13.8 Å². The first-order chi connectivity index (χ1) is 14.9. The van der Waals surface area contributed by atoms with Crippen molar-refractivity contribution in [2.45, 2.75) is 46.6 Å². The number of fused-ring (bicyclic) bond motifs is 1. The standard InChI is InChI=1S/C28H29NOS/c1-17(2)23-16-15-22-13-9-10-14-24(22)26(23)25-18(3)20(5)31-27(25)28(30)29-19(4)21-11-7-6-8-12-21/h6-17,19H,1-5H3,(H,29,30)/t19-/m0/s1. The van der Waals surface area contributed by atoms with E-state index in [-0.39, 0.29) is 11.9 Å². The molecule has 0 radical (unpaired) electrons. The minimum absolute atomic E-state index is 0.00445. The Labute approximate surface area is 188 Å². The number of hydrogen-bond donors (Lipinski definition) is 1. The number of thiophene rings is 1. The topological polar surface area (TPSA) is 29.1 Å². The van der Waals surface area contributed by atoms with Gasteiger partial charge in [-0.15, -0.1) is 11.3 Å². The molecule has 0 aliphatic carbocycles. The molecule has 1 aromatic heterocycles. The molecule has 31 heavy (non-hydrogen) atoms. The van der Waals surface area contributed by atoms with E-state index in [2.05, 4.69) is 81.5 Å². The number of hydrogen-bond acceptors (Lipinski definition) is 2. The van der Waals surface area contributed by atoms with Crippen LogP contribution in [-0.4, -0.2) is 5.91 Å². The molecular formula is C28H29NOS. The highest BCUT2D eigenvalue weighted by Crippen LogP contribution is 2.43. The second kappa shape index (κ2) is 8.68. The van der Waals surface area contributed by atoms with Gasteiger partial charge >= 0.3 is 0 Å². The van der Waals surface area contributed by atoms with Crippen molar-refractivity contribution in [2.75, 3.05) is 0 Å². The van der Waals surface area contributed by atoms with E-state index in [1.807, 2.05) is 25.1 Å². The lowest BCUT2D eigenvalue weighted by Crippen LogP contribution is -2.26. The van der Waals surface area contributed by atoms with Gasteiger partial charge in [-0.25, -0.2) is 0 Å². The minimum Gasteiger partial charge on any atom is -0.345 e. The van der Waals surface area contributed by atoms with Gasteiger partial charge in [0, 0.05) is 10.4 Å². The maximum absolute atomic E-state index is 13.5. The van der Waals surface area contributed by atoms with Crippen molar-refractivity contribution in [3.8, 4) is 11.1 Å². The molecule has 158 valence electrons. The summed E-state index contributed by atoms with van der Waals surface area (Å²) in [5, 5.41) is 5.64. The second-order valence-electron chi connectivity index (χ2n) is 8.50. The highest BCUT2D eigenvalue weighted by Gasteiger charge is 2.25. The summed E-state index contributed by atoms with van der Waals surface area (Å²) in [6, 6.07) is 23.0. The van der Waals surface area contributed by atoms with Crippen LogP contribution in [-0.2, 0) is 0 Å². The Balaban J connectivity index is 1.87. The lowest BCUT2D eigenvalue weighted by atomic mass is 9.86. The molecular weight excluding hydrogens is 398 g/mol. The van der Waals surface area contributed by atoms with E-state index >= 15 is 0 Å². The van der Waals surface area contributed by atoms with E-state index in [0.29, 0.717) is 5.92 Å². The van der Waals surface area contributed by atoms with E-state index in [4.69, 9.17) is 0 Å². The average Bonchev–Trinajstić information content (AvgIpc) is 3.07. The van der Waals surface area contributed by atoms with Crippen molar-refractivity contribution >= 4 is 28.0 Å². The molecule has 0 spiro atoms. The molecule has 4 rings (SSSR count). The average molecular weight is 428 g/mol. The summed E-state index contributed by atoms with van der Waals surface area (Å²) in [6.07, 6.45) is 0. The van der Waals surface area contributed by atoms with E-state index in [0.717, 1.165) is 16.0 Å². The Morgan fingerprint density at radius 1 is 0.839 bits per heavy atom. The smallest absolute Gasteiger partial charge is 0.262 e. The molecule has 0 aliphatic rings. The Kier molecular flexibility index (Phi) is 5.97. The zero-order valence-corrected chi connectivity index (χ0v) is 19.6. The summed E-state index contributed by atoms with van der Waals surface area (Å²) in [5.74, 6) is 0.355. The van der Waals surface area contributed by atoms with Gasteiger partial charge in [0.05, 0.1) is 6.04 Å². The van der Waals surface area contributed by atoms with Gasteiger partial charge in [-0.2, -0.15) is 0 Å². The molecule has 0 aliphatic heterocycles. The van der Waals surface area contributed by atoms with Crippen molar-refractivity contribution in [2.24, 2.45) is 0 Å². The fraction of sp³-hybridized carbons (Fsp3) is 0.250. The third-order valence-electron chi connectivity index (χ3n) is 6.07. The SMILES string of the molecule is Cc1sc(C(=O)N[C@@H](C)c2ccccc2)c(-c2c(C(C)C)ccc3ccccc23)c1C. The zero-order chi connectivity index (χ0) is 22.1. The van der Waals surface area contributed by atoms with Crippen LogP contribution in [0.3, 0.4) is 0 Å². The Morgan fingerprint density at radius 3 is 2.23 bits per heavy atom. The van der Waals surface area contributed by atoms with Crippen LogP contribution in [0.15, 0.2) is 66.7 Å². The maximum Gasteiger partial charge on any atom is 0.262 e. The van der Waals surface area contributed by atoms with Gasteiger partial charge in [0.25, 0.3) is 5.91 Å². The largest absolute Gasteiger partial charge is 0.345 e. The van der Waals surface area contributed by atoms with Gasteiger partial charge in [-0.05, 0) is 59.7 Å². The van der Waals surface area contributed by atoms with Crippen LogP contribution >= 0.6 is 11.3 Å². The van der Waals surface area contributed by atoms with Crippen molar-refractivity contribution in [1.29, 1.82) is 0 Å². The van der Waals surface area contributed by atoms with Crippen molar-refractivity contribution in [3.63, 3.8) is 0 Å². The lowest BCUT2D eigenvalue weighted by molar-refractivity contribution is 0.0944. The zero-order valence-electron chi connectivity index (χ0n) is 18.8. The molecule has 1 heterocycles. The third-order valence-corrected chi connectivity index (χ3v) is 7.28. The first-order valence-corrected chi connectivity index (χ1v) is 11.7. The van der Waals surface area contributed by atoms with Gasteiger partial charge in [0.15, 0.2) is 0 Å². The molecule has 0 unspecified atom stereocenters. The number of carbonyl (C=O) groups is 1. The summed E-state index contributed by atoms with van der Waals surface area (Å²) in [4.78, 5) is 15.5. The van der Waals surface area contributed by atoms with Gasteiger partial charge in [0.1, 0.15) is 4.88 Å². The maximum atomic E-state index is 13.5. The van der Waals surface area contributed by atoms with Crippen LogP contribution in [0.5, 0.6) is 0 Å². The molecule has 2 nitrogen and oxygen atoms in total. The molecule has 3 heteroatoms. The molecule has 4 aromatic rings. The van der Waals surface area contributed by atoms with E-state index in [9.17, 15) is 4.79 Å². The van der Waals surface area contributed by atoms with Crippen LogP contribution in [0.25, 0.3) is 21.9 Å². The lowest BCUT2D eigenvalue weighted by Gasteiger charge is -2.19. The summed E-state index contributed by atoms with van der Waals surface area (Å²) in [5.41, 5.74) is 5.87. The Hall–Kier alpha value is -2.91. The van der Waals surface area contributed by atoms with Crippen molar-refractivity contribution in [3.05, 3.63) is 93.2 Å². The van der Waals surface area contributed by atoms with E-state index in [1.54, 1.807) is 11.3 Å². The summed E-state index contributed by atoms with van der Waals surface area (Å²) >= 11 is 1.60.